The Morgan fingerprint density at radius 2 is 0.800 bits per heavy atom. The van der Waals surface area contributed by atoms with E-state index in [1.54, 1.807) is 0 Å². The summed E-state index contributed by atoms with van der Waals surface area (Å²) in [4.78, 5) is 24.3. The first kappa shape index (κ1) is 27.7. The molecule has 0 bridgehead atoms. The molecule has 5 heteroatoms. The molecular formula is C30H41O3PS. The molecule has 0 aliphatic carbocycles. The van der Waals surface area contributed by atoms with Crippen LogP contribution in [-0.2, 0) is 23.8 Å². The summed E-state index contributed by atoms with van der Waals surface area (Å²) in [5.74, 6) is 0. The molecule has 0 radical (unpaired) electrons. The van der Waals surface area contributed by atoms with Crippen molar-refractivity contribution < 1.29 is 14.4 Å². The third-order valence-electron chi connectivity index (χ3n) is 6.61. The lowest BCUT2D eigenvalue weighted by Gasteiger charge is -2.41. The molecule has 2 N–H and O–H groups in total. The molecule has 3 aromatic carbocycles. The van der Waals surface area contributed by atoms with Crippen LogP contribution in [0.3, 0.4) is 0 Å². The van der Waals surface area contributed by atoms with Crippen molar-refractivity contribution in [2.45, 2.75) is 93.2 Å². The minimum atomic E-state index is -4.60. The van der Waals surface area contributed by atoms with Gasteiger partial charge in [0.2, 0.25) is 0 Å². The molecule has 0 heterocycles. The van der Waals surface area contributed by atoms with E-state index in [0.717, 1.165) is 57.8 Å². The van der Waals surface area contributed by atoms with Gasteiger partial charge in [-0.2, -0.15) is 0 Å². The lowest BCUT2D eigenvalue weighted by atomic mass is 10.1. The van der Waals surface area contributed by atoms with Gasteiger partial charge in [0.25, 0.3) is 0 Å². The van der Waals surface area contributed by atoms with Gasteiger partial charge in [-0.15, -0.1) is 0 Å². The summed E-state index contributed by atoms with van der Waals surface area (Å²) in [7, 11) is -2.79. The normalized spacial score (nSPS) is 12.6. The molecule has 0 aliphatic heterocycles. The number of rotatable bonds is 13. The highest BCUT2D eigenvalue weighted by atomic mass is 32.8. The Hall–Kier alpha value is -1.84. The Bertz CT molecular complexity index is 961. The van der Waals surface area contributed by atoms with Crippen LogP contribution in [0.1, 0.15) is 76.0 Å². The fraction of sp³-hybridized carbons (Fsp3) is 0.400. The number of benzene rings is 3. The second-order valence-electron chi connectivity index (χ2n) is 9.31. The van der Waals surface area contributed by atoms with Crippen LogP contribution in [0.5, 0.6) is 0 Å². The number of unbranched alkanes of at least 4 members (excludes halogenated alkanes) is 3. The molecule has 3 rings (SSSR count). The van der Waals surface area contributed by atoms with Gasteiger partial charge in [0.05, 0.1) is 0 Å². The smallest absolute Gasteiger partial charge is 0.317 e. The van der Waals surface area contributed by atoms with Crippen LogP contribution in [0.2, 0.25) is 0 Å². The van der Waals surface area contributed by atoms with Crippen LogP contribution in [0.15, 0.2) is 87.5 Å². The zero-order chi connectivity index (χ0) is 25.3. The Balaban J connectivity index is 2.17. The third-order valence-corrected chi connectivity index (χ3v) is 14.2. The first-order chi connectivity index (χ1) is 16.9. The summed E-state index contributed by atoms with van der Waals surface area (Å²) in [6.45, 7) is 1.92. The van der Waals surface area contributed by atoms with Gasteiger partial charge in [-0.25, -0.2) is 4.57 Å². The average Bonchev–Trinajstić information content (AvgIpc) is 2.86. The van der Waals surface area contributed by atoms with Gasteiger partial charge in [-0.3, -0.25) is 0 Å². The molecule has 0 saturated heterocycles. The van der Waals surface area contributed by atoms with Gasteiger partial charge >= 0.3 is 6.80 Å². The van der Waals surface area contributed by atoms with E-state index in [0.29, 0.717) is 14.7 Å². The summed E-state index contributed by atoms with van der Waals surface area (Å²) >= 11 is 0. The van der Waals surface area contributed by atoms with Crippen molar-refractivity contribution in [2.75, 3.05) is 0 Å². The van der Waals surface area contributed by atoms with E-state index in [1.807, 2.05) is 72.8 Å². The lowest BCUT2D eigenvalue weighted by Crippen LogP contribution is -2.05. The predicted octanol–water partition coefficient (Wildman–Crippen LogP) is 9.09. The minimum absolute atomic E-state index is 0.716. The van der Waals surface area contributed by atoms with Crippen molar-refractivity contribution in [2.24, 2.45) is 0 Å². The van der Waals surface area contributed by atoms with E-state index < -0.39 is 16.4 Å². The van der Waals surface area contributed by atoms with Gasteiger partial charge < -0.3 is 9.79 Å². The molecule has 190 valence electrons. The van der Waals surface area contributed by atoms with Crippen LogP contribution in [-0.4, -0.2) is 9.79 Å². The standard InChI is InChI=1S/C30H41O3PS/c1-4-7-10-25-13-19-28(20-14-25)35(34(31,32)33,29-21-15-26(16-22-29)11-8-5-2)30-23-17-27(18-24-30)12-9-6-3/h13-24H,4-12H2,1-3H3,(H2,31,32,33). The summed E-state index contributed by atoms with van der Waals surface area (Å²) in [6.07, 6.45) is 9.61. The summed E-state index contributed by atoms with van der Waals surface area (Å²) in [5.41, 5.74) is 3.62. The first-order valence-electron chi connectivity index (χ1n) is 13.0. The van der Waals surface area contributed by atoms with Crippen LogP contribution < -0.4 is 0 Å². The lowest BCUT2D eigenvalue weighted by molar-refractivity contribution is 0.395. The Morgan fingerprint density at radius 1 is 0.543 bits per heavy atom. The molecule has 0 aliphatic rings. The van der Waals surface area contributed by atoms with Crippen LogP contribution in [0, 0.1) is 0 Å². The molecule has 0 atom stereocenters. The van der Waals surface area contributed by atoms with E-state index in [4.69, 9.17) is 0 Å². The van der Waals surface area contributed by atoms with Crippen molar-refractivity contribution in [1.29, 1.82) is 0 Å². The van der Waals surface area contributed by atoms with Crippen molar-refractivity contribution in [3.8, 4) is 0 Å². The van der Waals surface area contributed by atoms with Gasteiger partial charge in [0.15, 0.2) is 0 Å². The highest BCUT2D eigenvalue weighted by Gasteiger charge is 2.46. The van der Waals surface area contributed by atoms with Gasteiger partial charge in [0.1, 0.15) is 0 Å². The first-order valence-corrected chi connectivity index (χ1v) is 16.9. The zero-order valence-corrected chi connectivity index (χ0v) is 23.2. The maximum absolute atomic E-state index is 13.6. The van der Waals surface area contributed by atoms with Crippen molar-refractivity contribution in [1.82, 2.24) is 0 Å². The second-order valence-corrected chi connectivity index (χ2v) is 15.9. The number of hydrogen-bond acceptors (Lipinski definition) is 1. The maximum atomic E-state index is 13.6. The second kappa shape index (κ2) is 12.9. The summed E-state index contributed by atoms with van der Waals surface area (Å²) in [6, 6.07) is 24.0. The Morgan fingerprint density at radius 3 is 1.00 bits per heavy atom. The molecule has 0 fully saturated rings. The number of hydrogen-bond donors (Lipinski definition) is 2. The summed E-state index contributed by atoms with van der Waals surface area (Å²) in [5, 5.41) is 0. The van der Waals surface area contributed by atoms with Gasteiger partial charge in [0, 0.05) is 14.7 Å². The number of aryl methyl sites for hydroxylation is 3. The van der Waals surface area contributed by atoms with E-state index in [2.05, 4.69) is 20.8 Å². The maximum Gasteiger partial charge on any atom is 0.378 e. The topological polar surface area (TPSA) is 57.5 Å². The van der Waals surface area contributed by atoms with Crippen LogP contribution >= 0.6 is 16.4 Å². The van der Waals surface area contributed by atoms with Gasteiger partial charge in [-0.05, 0) is 91.6 Å². The predicted molar refractivity (Wildman–Crippen MR) is 150 cm³/mol. The SMILES string of the molecule is CCCCc1ccc(S(c2ccc(CCCC)cc2)(c2ccc(CCCC)cc2)P(=O)(O)O)cc1. The molecule has 0 saturated carbocycles. The molecule has 3 nitrogen and oxygen atoms in total. The van der Waals surface area contributed by atoms with Crippen molar-refractivity contribution in [3.05, 3.63) is 89.5 Å². The van der Waals surface area contributed by atoms with Crippen LogP contribution in [0.4, 0.5) is 0 Å². The highest BCUT2D eigenvalue weighted by Crippen LogP contribution is 2.88. The van der Waals surface area contributed by atoms with E-state index in [9.17, 15) is 14.4 Å². The highest BCUT2D eigenvalue weighted by molar-refractivity contribution is 8.76. The molecule has 0 spiro atoms. The molecule has 0 unspecified atom stereocenters. The Labute approximate surface area is 213 Å². The van der Waals surface area contributed by atoms with E-state index >= 15 is 0 Å². The fourth-order valence-corrected chi connectivity index (χ4v) is 11.3. The fourth-order valence-electron chi connectivity index (χ4n) is 4.52. The molecule has 0 amide bonds. The van der Waals surface area contributed by atoms with Gasteiger partial charge in [-0.1, -0.05) is 86.1 Å². The van der Waals surface area contributed by atoms with E-state index in [-0.39, 0.29) is 0 Å². The quantitative estimate of drug-likeness (QED) is 0.225. The summed E-state index contributed by atoms with van der Waals surface area (Å²) < 4.78 is 13.6. The zero-order valence-electron chi connectivity index (χ0n) is 21.5. The molecule has 3 aromatic rings. The largest absolute Gasteiger partial charge is 0.378 e. The Kier molecular flexibility index (Phi) is 10.2. The molecular weight excluding hydrogens is 471 g/mol. The third kappa shape index (κ3) is 6.49. The molecule has 0 aromatic heterocycles. The average molecular weight is 513 g/mol. The molecule has 35 heavy (non-hydrogen) atoms. The van der Waals surface area contributed by atoms with Crippen molar-refractivity contribution in [3.63, 3.8) is 0 Å². The van der Waals surface area contributed by atoms with Crippen molar-refractivity contribution >= 4 is 16.4 Å². The van der Waals surface area contributed by atoms with E-state index in [1.165, 1.54) is 16.7 Å². The minimum Gasteiger partial charge on any atom is -0.317 e. The van der Waals surface area contributed by atoms with Crippen LogP contribution in [0.25, 0.3) is 0 Å². The monoisotopic (exact) mass is 512 g/mol.